The van der Waals surface area contributed by atoms with Crippen molar-refractivity contribution in [3.63, 3.8) is 0 Å². The number of aliphatic hydroxyl groups is 1. The minimum absolute atomic E-state index is 0.0680. The molecule has 0 aliphatic carbocycles. The lowest BCUT2D eigenvalue weighted by molar-refractivity contribution is 0.0581. The minimum Gasteiger partial charge on any atom is -0.472 e. The lowest BCUT2D eigenvalue weighted by atomic mass is 9.93. The molecule has 2 amide bonds. The molecule has 0 saturated heterocycles. The molecule has 6 heteroatoms. The zero-order chi connectivity index (χ0) is 19.4. The fraction of sp³-hybridized carbons (Fsp3) is 0.136. The largest absolute Gasteiger partial charge is 0.472 e. The summed E-state index contributed by atoms with van der Waals surface area (Å²) in [7, 11) is 0. The highest BCUT2D eigenvalue weighted by Crippen LogP contribution is 2.29. The number of amides is 2. The molecule has 0 fully saturated rings. The van der Waals surface area contributed by atoms with Crippen LogP contribution in [0.1, 0.15) is 16.9 Å². The summed E-state index contributed by atoms with van der Waals surface area (Å²) in [5.41, 5.74) is -0.00557. The zero-order valence-electron chi connectivity index (χ0n) is 15.1. The van der Waals surface area contributed by atoms with Crippen molar-refractivity contribution in [1.82, 2.24) is 10.6 Å². The average Bonchev–Trinajstić information content (AvgIpc) is 3.45. The van der Waals surface area contributed by atoms with Crippen LogP contribution in [0.25, 0.3) is 10.8 Å². The average molecular weight is 376 g/mol. The quantitative estimate of drug-likeness (QED) is 0.478. The Labute approximate surface area is 161 Å². The summed E-state index contributed by atoms with van der Waals surface area (Å²) in [6.07, 6.45) is 4.36. The van der Waals surface area contributed by atoms with Crippen LogP contribution >= 0.6 is 0 Å². The number of hydrogen-bond donors (Lipinski definition) is 3. The van der Waals surface area contributed by atoms with Gasteiger partial charge in [-0.3, -0.25) is 0 Å². The molecule has 142 valence electrons. The highest BCUT2D eigenvalue weighted by atomic mass is 16.4. The summed E-state index contributed by atoms with van der Waals surface area (Å²) in [5.74, 6) is 0.322. The van der Waals surface area contributed by atoms with Gasteiger partial charge in [-0.25, -0.2) is 4.79 Å². The lowest BCUT2D eigenvalue weighted by Gasteiger charge is -2.25. The SMILES string of the molecule is O=C(NCc1cccc2ccccc12)NC[C@@](O)(c1ccoc1)c1ccco1. The van der Waals surface area contributed by atoms with Gasteiger partial charge in [0.25, 0.3) is 0 Å². The highest BCUT2D eigenvalue weighted by Gasteiger charge is 2.36. The molecule has 0 radical (unpaired) electrons. The topological polar surface area (TPSA) is 87.6 Å². The van der Waals surface area contributed by atoms with Crippen molar-refractivity contribution >= 4 is 16.8 Å². The fourth-order valence-corrected chi connectivity index (χ4v) is 3.24. The van der Waals surface area contributed by atoms with E-state index in [9.17, 15) is 9.90 Å². The Morgan fingerprint density at radius 2 is 1.82 bits per heavy atom. The first-order valence-corrected chi connectivity index (χ1v) is 8.94. The minimum atomic E-state index is -1.52. The van der Waals surface area contributed by atoms with E-state index in [1.165, 1.54) is 18.8 Å². The van der Waals surface area contributed by atoms with Crippen LogP contribution in [-0.2, 0) is 12.1 Å². The smallest absolute Gasteiger partial charge is 0.315 e. The second-order valence-corrected chi connectivity index (χ2v) is 6.52. The summed E-state index contributed by atoms with van der Waals surface area (Å²) in [4.78, 5) is 12.4. The van der Waals surface area contributed by atoms with Crippen LogP contribution in [0.15, 0.2) is 88.3 Å². The van der Waals surface area contributed by atoms with Crippen LogP contribution in [0.4, 0.5) is 4.79 Å². The fourth-order valence-electron chi connectivity index (χ4n) is 3.24. The van der Waals surface area contributed by atoms with E-state index in [1.807, 2.05) is 42.5 Å². The number of carbonyl (C=O) groups excluding carboxylic acids is 1. The number of fused-ring (bicyclic) bond motifs is 1. The molecule has 6 nitrogen and oxygen atoms in total. The number of rotatable bonds is 6. The van der Waals surface area contributed by atoms with Gasteiger partial charge in [-0.1, -0.05) is 42.5 Å². The van der Waals surface area contributed by atoms with E-state index in [0.717, 1.165) is 16.3 Å². The number of benzene rings is 2. The van der Waals surface area contributed by atoms with Crippen LogP contribution in [0.2, 0.25) is 0 Å². The number of furan rings is 2. The van der Waals surface area contributed by atoms with Crippen LogP contribution in [0, 0.1) is 0 Å². The van der Waals surface area contributed by atoms with Crippen LogP contribution in [-0.4, -0.2) is 17.7 Å². The molecule has 0 spiro atoms. The van der Waals surface area contributed by atoms with Crippen molar-refractivity contribution in [1.29, 1.82) is 0 Å². The maximum absolute atomic E-state index is 12.4. The molecule has 2 heterocycles. The van der Waals surface area contributed by atoms with Crippen molar-refractivity contribution in [2.45, 2.75) is 12.1 Å². The number of nitrogens with one attached hydrogen (secondary N) is 2. The first kappa shape index (κ1) is 17.9. The Hall–Kier alpha value is -3.51. The van der Waals surface area contributed by atoms with Crippen molar-refractivity contribution in [2.24, 2.45) is 0 Å². The third kappa shape index (κ3) is 3.50. The molecule has 1 atom stereocenters. The molecule has 0 bridgehead atoms. The normalized spacial score (nSPS) is 13.2. The monoisotopic (exact) mass is 376 g/mol. The molecule has 2 aromatic heterocycles. The van der Waals surface area contributed by atoms with E-state index in [0.29, 0.717) is 17.9 Å². The van der Waals surface area contributed by atoms with Gasteiger partial charge in [-0.15, -0.1) is 0 Å². The highest BCUT2D eigenvalue weighted by molar-refractivity contribution is 5.86. The summed E-state index contributed by atoms with van der Waals surface area (Å²) < 4.78 is 10.5. The van der Waals surface area contributed by atoms with E-state index >= 15 is 0 Å². The second kappa shape index (κ2) is 7.62. The number of urea groups is 1. The number of carbonyl (C=O) groups is 1. The van der Waals surface area contributed by atoms with Gasteiger partial charge in [0.2, 0.25) is 0 Å². The van der Waals surface area contributed by atoms with Crippen LogP contribution in [0.3, 0.4) is 0 Å². The maximum atomic E-state index is 12.4. The van der Waals surface area contributed by atoms with E-state index in [1.54, 1.807) is 18.2 Å². The molecular weight excluding hydrogens is 356 g/mol. The summed E-state index contributed by atoms with van der Waals surface area (Å²) >= 11 is 0. The van der Waals surface area contributed by atoms with Gasteiger partial charge in [0.15, 0.2) is 5.60 Å². The maximum Gasteiger partial charge on any atom is 0.315 e. The molecular formula is C22H20N2O4. The van der Waals surface area contributed by atoms with Crippen molar-refractivity contribution < 1.29 is 18.7 Å². The zero-order valence-corrected chi connectivity index (χ0v) is 15.1. The van der Waals surface area contributed by atoms with Crippen molar-refractivity contribution in [3.05, 3.63) is 96.3 Å². The Bertz CT molecular complexity index is 1020. The predicted molar refractivity (Wildman–Crippen MR) is 105 cm³/mol. The second-order valence-electron chi connectivity index (χ2n) is 6.52. The van der Waals surface area contributed by atoms with Crippen LogP contribution in [0.5, 0.6) is 0 Å². The molecule has 2 aromatic carbocycles. The van der Waals surface area contributed by atoms with Gasteiger partial charge < -0.3 is 24.6 Å². The summed E-state index contributed by atoms with van der Waals surface area (Å²) in [6.45, 7) is 0.305. The van der Waals surface area contributed by atoms with Gasteiger partial charge in [0.05, 0.1) is 25.3 Å². The van der Waals surface area contributed by atoms with E-state index in [2.05, 4.69) is 10.6 Å². The van der Waals surface area contributed by atoms with Crippen molar-refractivity contribution in [2.75, 3.05) is 6.54 Å². The molecule has 0 aliphatic rings. The Balaban J connectivity index is 1.43. The molecule has 4 rings (SSSR count). The predicted octanol–water partition coefficient (Wildman–Crippen LogP) is 3.76. The Morgan fingerprint density at radius 1 is 0.964 bits per heavy atom. The van der Waals surface area contributed by atoms with E-state index in [4.69, 9.17) is 8.83 Å². The summed E-state index contributed by atoms with van der Waals surface area (Å²) in [6, 6.07) is 18.6. The van der Waals surface area contributed by atoms with E-state index in [-0.39, 0.29) is 12.6 Å². The first-order chi connectivity index (χ1) is 13.7. The van der Waals surface area contributed by atoms with Gasteiger partial charge in [-0.05, 0) is 34.5 Å². The first-order valence-electron chi connectivity index (χ1n) is 8.94. The molecule has 4 aromatic rings. The summed E-state index contributed by atoms with van der Waals surface area (Å²) in [5, 5.41) is 18.9. The van der Waals surface area contributed by atoms with Crippen molar-refractivity contribution in [3.8, 4) is 0 Å². The van der Waals surface area contributed by atoms with Crippen LogP contribution < -0.4 is 10.6 Å². The Kier molecular flexibility index (Phi) is 4.87. The molecule has 0 saturated carbocycles. The number of hydrogen-bond acceptors (Lipinski definition) is 4. The molecule has 0 unspecified atom stereocenters. The van der Waals surface area contributed by atoms with Gasteiger partial charge >= 0.3 is 6.03 Å². The standard InChI is InChI=1S/C22H20N2O4/c25-21(23-13-17-7-3-6-16-5-1-2-8-19(16)17)24-15-22(26,18-10-12-27-14-18)20-9-4-11-28-20/h1-12,14,26H,13,15H2,(H2,23,24,25)/t22-/m1/s1. The van der Waals surface area contributed by atoms with Gasteiger partial charge in [0.1, 0.15) is 5.76 Å². The third-order valence-electron chi connectivity index (χ3n) is 4.75. The van der Waals surface area contributed by atoms with E-state index < -0.39 is 5.60 Å². The molecule has 0 aliphatic heterocycles. The van der Waals surface area contributed by atoms with Gasteiger partial charge in [-0.2, -0.15) is 0 Å². The molecule has 28 heavy (non-hydrogen) atoms. The lowest BCUT2D eigenvalue weighted by Crippen LogP contribution is -2.45. The third-order valence-corrected chi connectivity index (χ3v) is 4.75. The molecule has 3 N–H and O–H groups in total. The van der Waals surface area contributed by atoms with Gasteiger partial charge in [0, 0.05) is 12.1 Å². The Morgan fingerprint density at radius 3 is 2.61 bits per heavy atom.